The van der Waals surface area contributed by atoms with Crippen molar-refractivity contribution in [1.82, 2.24) is 19.6 Å². The smallest absolute Gasteiger partial charge is 0.250 e. The topological polar surface area (TPSA) is 46.0 Å². The maximum atomic E-state index is 4.20. The molecule has 2 heterocycles. The van der Waals surface area contributed by atoms with E-state index in [1.807, 2.05) is 10.7 Å². The van der Waals surface area contributed by atoms with Gasteiger partial charge < -0.3 is 0 Å². The predicted molar refractivity (Wildman–Crippen MR) is 57.5 cm³/mol. The van der Waals surface area contributed by atoms with Crippen molar-refractivity contribution < 1.29 is 0 Å². The largest absolute Gasteiger partial charge is 0.280 e. The van der Waals surface area contributed by atoms with Crippen LogP contribution in [0.2, 0.25) is 0 Å². The van der Waals surface area contributed by atoms with E-state index in [0.717, 1.165) is 11.3 Å². The first-order valence-corrected chi connectivity index (χ1v) is 4.78. The fourth-order valence-electron chi connectivity index (χ4n) is 1.63. The van der Waals surface area contributed by atoms with Gasteiger partial charge in [0.25, 0.3) is 5.78 Å². The van der Waals surface area contributed by atoms with Gasteiger partial charge in [-0.3, -0.25) is 5.10 Å². The van der Waals surface area contributed by atoms with Crippen LogP contribution in [0.5, 0.6) is 0 Å². The average Bonchev–Trinajstić information content (AvgIpc) is 2.80. The first-order valence-electron chi connectivity index (χ1n) is 4.78. The van der Waals surface area contributed by atoms with Crippen molar-refractivity contribution in [3.63, 3.8) is 0 Å². The minimum Gasteiger partial charge on any atom is -0.280 e. The normalized spacial score (nSPS) is 11.0. The molecule has 0 aliphatic carbocycles. The van der Waals surface area contributed by atoms with E-state index >= 15 is 0 Å². The third kappa shape index (κ3) is 1.22. The summed E-state index contributed by atoms with van der Waals surface area (Å²) in [6, 6.07) is 8.34. The lowest BCUT2D eigenvalue weighted by atomic mass is 10.1. The molecule has 3 rings (SSSR count). The molecule has 0 unspecified atom stereocenters. The van der Waals surface area contributed by atoms with E-state index in [0.29, 0.717) is 5.78 Å². The van der Waals surface area contributed by atoms with Gasteiger partial charge >= 0.3 is 0 Å². The summed E-state index contributed by atoms with van der Waals surface area (Å²) in [5, 5.41) is 3.02. The van der Waals surface area contributed by atoms with Gasteiger partial charge in [-0.15, -0.1) is 0 Å². The quantitative estimate of drug-likeness (QED) is 0.650. The summed E-state index contributed by atoms with van der Waals surface area (Å²) in [6.45, 7) is 2.08. The summed E-state index contributed by atoms with van der Waals surface area (Å²) in [5.41, 5.74) is 3.42. The Morgan fingerprint density at radius 3 is 2.73 bits per heavy atom. The van der Waals surface area contributed by atoms with Crippen LogP contribution in [-0.4, -0.2) is 19.6 Å². The van der Waals surface area contributed by atoms with E-state index in [-0.39, 0.29) is 0 Å². The van der Waals surface area contributed by atoms with Gasteiger partial charge in [-0.1, -0.05) is 29.8 Å². The number of H-pyrrole nitrogens is 1. The molecule has 0 saturated carbocycles. The predicted octanol–water partition coefficient (Wildman–Crippen LogP) is 2.03. The van der Waals surface area contributed by atoms with Crippen LogP contribution in [0.15, 0.2) is 36.8 Å². The average molecular weight is 198 g/mol. The monoisotopic (exact) mass is 198 g/mol. The van der Waals surface area contributed by atoms with E-state index in [2.05, 4.69) is 46.3 Å². The number of aromatic nitrogens is 4. The molecule has 0 aliphatic rings. The van der Waals surface area contributed by atoms with Crippen molar-refractivity contribution in [2.24, 2.45) is 0 Å². The Bertz CT molecular complexity index is 588. The summed E-state index contributed by atoms with van der Waals surface area (Å²) >= 11 is 0. The zero-order valence-corrected chi connectivity index (χ0v) is 8.31. The molecule has 1 N–H and O–H groups in total. The number of aromatic amines is 1. The van der Waals surface area contributed by atoms with Crippen LogP contribution < -0.4 is 0 Å². The number of fused-ring (bicyclic) bond motifs is 1. The lowest BCUT2D eigenvalue weighted by Crippen LogP contribution is -1.87. The van der Waals surface area contributed by atoms with Gasteiger partial charge in [-0.2, -0.15) is 0 Å². The Hall–Kier alpha value is -2.10. The third-order valence-electron chi connectivity index (χ3n) is 2.46. The van der Waals surface area contributed by atoms with Gasteiger partial charge in [-0.25, -0.2) is 14.5 Å². The van der Waals surface area contributed by atoms with Gasteiger partial charge in [0, 0.05) is 5.56 Å². The molecule has 0 saturated heterocycles. The van der Waals surface area contributed by atoms with Crippen molar-refractivity contribution in [2.75, 3.05) is 0 Å². The first kappa shape index (κ1) is 8.23. The van der Waals surface area contributed by atoms with E-state index in [1.54, 1.807) is 6.33 Å². The van der Waals surface area contributed by atoms with Crippen molar-refractivity contribution in [1.29, 1.82) is 0 Å². The maximum Gasteiger partial charge on any atom is 0.250 e. The Morgan fingerprint density at radius 1 is 1.13 bits per heavy atom. The molecule has 3 aromatic rings. The molecule has 0 fully saturated rings. The molecule has 0 atom stereocenters. The van der Waals surface area contributed by atoms with Crippen LogP contribution in [0.3, 0.4) is 0 Å². The summed E-state index contributed by atoms with van der Waals surface area (Å²) < 4.78 is 1.87. The van der Waals surface area contributed by atoms with Crippen molar-refractivity contribution in [3.8, 4) is 11.3 Å². The van der Waals surface area contributed by atoms with Gasteiger partial charge in [-0.05, 0) is 6.92 Å². The van der Waals surface area contributed by atoms with E-state index in [9.17, 15) is 0 Å². The molecule has 15 heavy (non-hydrogen) atoms. The molecule has 74 valence electrons. The molecular weight excluding hydrogens is 188 g/mol. The number of aryl methyl sites for hydroxylation is 1. The Morgan fingerprint density at radius 2 is 1.93 bits per heavy atom. The van der Waals surface area contributed by atoms with Crippen LogP contribution >= 0.6 is 0 Å². The van der Waals surface area contributed by atoms with Gasteiger partial charge in [0.2, 0.25) is 0 Å². The molecule has 1 aromatic carbocycles. The molecule has 2 aromatic heterocycles. The van der Waals surface area contributed by atoms with Crippen LogP contribution in [0.4, 0.5) is 0 Å². The lowest BCUT2D eigenvalue weighted by molar-refractivity contribution is 0.980. The molecule has 4 heteroatoms. The van der Waals surface area contributed by atoms with Crippen LogP contribution in [0, 0.1) is 6.92 Å². The highest BCUT2D eigenvalue weighted by molar-refractivity contribution is 5.61. The molecule has 0 radical (unpaired) electrons. The SMILES string of the molecule is Cc1ccc(-c2cnc3nc[nH]n23)cc1. The second-order valence-electron chi connectivity index (χ2n) is 3.53. The third-order valence-corrected chi connectivity index (χ3v) is 2.46. The highest BCUT2D eigenvalue weighted by atomic mass is 15.3. The van der Waals surface area contributed by atoms with Crippen molar-refractivity contribution in [3.05, 3.63) is 42.4 Å². The number of hydrogen-bond donors (Lipinski definition) is 1. The van der Waals surface area contributed by atoms with Gasteiger partial charge in [0.15, 0.2) is 0 Å². The molecule has 0 bridgehead atoms. The molecule has 0 amide bonds. The summed E-state index contributed by atoms with van der Waals surface area (Å²) in [6.07, 6.45) is 3.46. The zero-order chi connectivity index (χ0) is 10.3. The lowest BCUT2D eigenvalue weighted by Gasteiger charge is -1.99. The van der Waals surface area contributed by atoms with Crippen LogP contribution in [-0.2, 0) is 0 Å². The van der Waals surface area contributed by atoms with E-state index in [1.165, 1.54) is 5.56 Å². The Kier molecular flexibility index (Phi) is 1.62. The molecule has 4 nitrogen and oxygen atoms in total. The molecule has 0 aliphatic heterocycles. The van der Waals surface area contributed by atoms with Crippen molar-refractivity contribution in [2.45, 2.75) is 6.92 Å². The zero-order valence-electron chi connectivity index (χ0n) is 8.31. The Labute approximate surface area is 86.6 Å². The first-order chi connectivity index (χ1) is 7.34. The van der Waals surface area contributed by atoms with E-state index < -0.39 is 0 Å². The highest BCUT2D eigenvalue weighted by Crippen LogP contribution is 2.19. The summed E-state index contributed by atoms with van der Waals surface area (Å²) in [7, 11) is 0. The summed E-state index contributed by atoms with van der Waals surface area (Å²) in [4.78, 5) is 8.28. The number of nitrogens with one attached hydrogen (secondary N) is 1. The number of imidazole rings is 1. The second kappa shape index (κ2) is 2.95. The van der Waals surface area contributed by atoms with E-state index in [4.69, 9.17) is 0 Å². The number of hydrogen-bond acceptors (Lipinski definition) is 2. The minimum absolute atomic E-state index is 0.700. The molecular formula is C11H10N4. The fraction of sp³-hybridized carbons (Fsp3) is 0.0909. The standard InChI is InChI=1S/C11H10N4/c1-8-2-4-9(5-3-8)10-6-12-11-13-7-14-15(10)11/h2-7H,1H3,(H,12,13,14). The van der Waals surface area contributed by atoms with Crippen molar-refractivity contribution >= 4 is 5.78 Å². The van der Waals surface area contributed by atoms with Crippen LogP contribution in [0.25, 0.3) is 17.0 Å². The Balaban J connectivity index is 2.21. The molecule has 0 spiro atoms. The maximum absolute atomic E-state index is 4.20. The highest BCUT2D eigenvalue weighted by Gasteiger charge is 2.06. The number of benzene rings is 1. The second-order valence-corrected chi connectivity index (χ2v) is 3.53. The van der Waals surface area contributed by atoms with Gasteiger partial charge in [0.1, 0.15) is 6.33 Å². The number of rotatable bonds is 1. The van der Waals surface area contributed by atoms with Gasteiger partial charge in [0.05, 0.1) is 11.9 Å². The summed E-state index contributed by atoms with van der Waals surface area (Å²) in [5.74, 6) is 0.700. The minimum atomic E-state index is 0.700. The number of nitrogens with zero attached hydrogens (tertiary/aromatic N) is 3. The van der Waals surface area contributed by atoms with Crippen LogP contribution in [0.1, 0.15) is 5.56 Å². The fourth-order valence-corrected chi connectivity index (χ4v) is 1.63.